The molecule has 7 heteroatoms. The summed E-state index contributed by atoms with van der Waals surface area (Å²) >= 11 is 0. The van der Waals surface area contributed by atoms with Gasteiger partial charge >= 0.3 is 5.69 Å². The number of nitrogens with zero attached hydrogens (tertiary/aromatic N) is 4. The first-order chi connectivity index (χ1) is 6.86. The molecule has 0 bridgehead atoms. The molecule has 0 atom stereocenters. The highest BCUT2D eigenvalue weighted by Gasteiger charge is 2.29. The summed E-state index contributed by atoms with van der Waals surface area (Å²) in [7, 11) is 4.58. The number of hydrogen-bond donors (Lipinski definition) is 0. The van der Waals surface area contributed by atoms with E-state index in [9.17, 15) is 14.9 Å². The molecule has 0 aromatic carbocycles. The highest BCUT2D eigenvalue weighted by Crippen LogP contribution is 2.22. The average molecular weight is 212 g/mol. The van der Waals surface area contributed by atoms with Crippen LogP contribution in [0.15, 0.2) is 0 Å². The molecule has 1 rings (SSSR count). The Bertz CT molecular complexity index is 422. The molecule has 0 saturated carbocycles. The molecule has 0 aliphatic rings. The quantitative estimate of drug-likeness (QED) is 0.522. The molecule has 0 saturated heterocycles. The van der Waals surface area contributed by atoms with Crippen molar-refractivity contribution in [2.24, 2.45) is 7.05 Å². The predicted octanol–water partition coefficient (Wildman–Crippen LogP) is 0.339. The molecule has 0 unspecified atom stereocenters. The summed E-state index contributed by atoms with van der Waals surface area (Å²) in [5, 5.41) is 14.6. The summed E-state index contributed by atoms with van der Waals surface area (Å²) in [6.07, 6.45) is 0. The van der Waals surface area contributed by atoms with Crippen molar-refractivity contribution in [2.45, 2.75) is 6.92 Å². The van der Waals surface area contributed by atoms with Crippen molar-refractivity contribution in [2.75, 3.05) is 14.1 Å². The van der Waals surface area contributed by atoms with E-state index in [1.54, 1.807) is 0 Å². The van der Waals surface area contributed by atoms with Crippen LogP contribution in [0.3, 0.4) is 0 Å². The number of amides is 1. The van der Waals surface area contributed by atoms with Crippen molar-refractivity contribution >= 4 is 11.6 Å². The standard InChI is InChI=1S/C8H12N4O3/c1-5-6(12(14)15)7(11(4)9-5)8(13)10(2)3/h1-4H3. The summed E-state index contributed by atoms with van der Waals surface area (Å²) in [6.45, 7) is 1.50. The fraction of sp³-hybridized carbons (Fsp3) is 0.500. The van der Waals surface area contributed by atoms with Crippen LogP contribution in [-0.2, 0) is 7.05 Å². The van der Waals surface area contributed by atoms with Crippen molar-refractivity contribution in [1.29, 1.82) is 0 Å². The molecule has 0 N–H and O–H groups in total. The normalized spacial score (nSPS) is 10.1. The lowest BCUT2D eigenvalue weighted by Gasteiger charge is -2.09. The van der Waals surface area contributed by atoms with Gasteiger partial charge in [0.05, 0.1) is 4.92 Å². The van der Waals surface area contributed by atoms with Crippen LogP contribution < -0.4 is 0 Å². The molecule has 1 heterocycles. The van der Waals surface area contributed by atoms with Gasteiger partial charge in [-0.25, -0.2) is 0 Å². The topological polar surface area (TPSA) is 81.3 Å². The molecule has 1 aromatic rings. The van der Waals surface area contributed by atoms with E-state index in [0.29, 0.717) is 0 Å². The molecule has 0 fully saturated rings. The number of aromatic nitrogens is 2. The Labute approximate surface area is 86.4 Å². The van der Waals surface area contributed by atoms with Gasteiger partial charge in [-0.05, 0) is 6.92 Å². The summed E-state index contributed by atoms with van der Waals surface area (Å²) in [4.78, 5) is 23.1. The third kappa shape index (κ3) is 1.80. The van der Waals surface area contributed by atoms with E-state index in [4.69, 9.17) is 0 Å². The number of hydrogen-bond acceptors (Lipinski definition) is 4. The van der Waals surface area contributed by atoms with Crippen LogP contribution in [0, 0.1) is 17.0 Å². The molecule has 0 aliphatic heterocycles. The SMILES string of the molecule is Cc1nn(C)c(C(=O)N(C)C)c1[N+](=O)[O-]. The Morgan fingerprint density at radius 1 is 1.53 bits per heavy atom. The van der Waals surface area contributed by atoms with Gasteiger partial charge in [-0.15, -0.1) is 0 Å². The van der Waals surface area contributed by atoms with Gasteiger partial charge in [-0.1, -0.05) is 0 Å². The van der Waals surface area contributed by atoms with Crippen molar-refractivity contribution in [3.05, 3.63) is 21.5 Å². The monoisotopic (exact) mass is 212 g/mol. The van der Waals surface area contributed by atoms with E-state index in [-0.39, 0.29) is 17.1 Å². The zero-order chi connectivity index (χ0) is 11.7. The highest BCUT2D eigenvalue weighted by atomic mass is 16.6. The third-order valence-electron chi connectivity index (χ3n) is 1.98. The molecule has 0 spiro atoms. The first kappa shape index (κ1) is 11.2. The van der Waals surface area contributed by atoms with Crippen LogP contribution in [0.2, 0.25) is 0 Å². The number of nitro groups is 1. The van der Waals surface area contributed by atoms with E-state index < -0.39 is 10.8 Å². The number of rotatable bonds is 2. The maximum Gasteiger partial charge on any atom is 0.322 e. The lowest BCUT2D eigenvalue weighted by Crippen LogP contribution is -2.25. The maximum atomic E-state index is 11.7. The van der Waals surface area contributed by atoms with Gasteiger partial charge < -0.3 is 4.90 Å². The molecule has 0 radical (unpaired) electrons. The third-order valence-corrected chi connectivity index (χ3v) is 1.98. The van der Waals surface area contributed by atoms with Gasteiger partial charge in [-0.3, -0.25) is 19.6 Å². The second-order valence-electron chi connectivity index (χ2n) is 3.36. The minimum Gasteiger partial charge on any atom is -0.343 e. The lowest BCUT2D eigenvalue weighted by molar-refractivity contribution is -0.385. The Balaban J connectivity index is 3.39. The molecule has 82 valence electrons. The first-order valence-electron chi connectivity index (χ1n) is 4.26. The first-order valence-corrected chi connectivity index (χ1v) is 4.26. The average Bonchev–Trinajstić information content (AvgIpc) is 2.39. The van der Waals surface area contributed by atoms with Crippen LogP contribution >= 0.6 is 0 Å². The summed E-state index contributed by atoms with van der Waals surface area (Å²) in [6, 6.07) is 0. The Morgan fingerprint density at radius 2 is 2.07 bits per heavy atom. The zero-order valence-corrected chi connectivity index (χ0v) is 9.01. The molecule has 1 amide bonds. The Morgan fingerprint density at radius 3 is 2.47 bits per heavy atom. The van der Waals surface area contributed by atoms with Crippen LogP contribution in [0.5, 0.6) is 0 Å². The van der Waals surface area contributed by atoms with E-state index in [2.05, 4.69) is 5.10 Å². The van der Waals surface area contributed by atoms with Gasteiger partial charge in [0.25, 0.3) is 5.91 Å². The zero-order valence-electron chi connectivity index (χ0n) is 9.01. The molecule has 0 aliphatic carbocycles. The van der Waals surface area contributed by atoms with Crippen LogP contribution in [-0.4, -0.2) is 39.6 Å². The maximum absolute atomic E-state index is 11.7. The van der Waals surface area contributed by atoms with Gasteiger partial charge in [0, 0.05) is 21.1 Å². The fourth-order valence-electron chi connectivity index (χ4n) is 1.32. The minimum absolute atomic E-state index is 0.00231. The number of carbonyl (C=O) groups excluding carboxylic acids is 1. The Hall–Kier alpha value is -1.92. The van der Waals surface area contributed by atoms with Crippen LogP contribution in [0.25, 0.3) is 0 Å². The molecular formula is C8H12N4O3. The lowest BCUT2D eigenvalue weighted by atomic mass is 10.3. The fourth-order valence-corrected chi connectivity index (χ4v) is 1.32. The smallest absolute Gasteiger partial charge is 0.322 e. The van der Waals surface area contributed by atoms with Gasteiger partial charge in [0.1, 0.15) is 5.69 Å². The molecule has 1 aromatic heterocycles. The largest absolute Gasteiger partial charge is 0.343 e. The highest BCUT2D eigenvalue weighted by molar-refractivity contribution is 5.96. The van der Waals surface area contributed by atoms with Gasteiger partial charge in [0.15, 0.2) is 0 Å². The summed E-state index contributed by atoms with van der Waals surface area (Å²) in [5.41, 5.74) is 0.0198. The van der Waals surface area contributed by atoms with E-state index in [1.165, 1.54) is 37.6 Å². The second kappa shape index (κ2) is 3.68. The summed E-state index contributed by atoms with van der Waals surface area (Å²) in [5.74, 6) is -0.426. The van der Waals surface area contributed by atoms with Crippen LogP contribution in [0.1, 0.15) is 16.2 Å². The van der Waals surface area contributed by atoms with Gasteiger partial charge in [-0.2, -0.15) is 5.10 Å². The van der Waals surface area contributed by atoms with Crippen molar-refractivity contribution in [1.82, 2.24) is 14.7 Å². The predicted molar refractivity (Wildman–Crippen MR) is 52.6 cm³/mol. The second-order valence-corrected chi connectivity index (χ2v) is 3.36. The van der Waals surface area contributed by atoms with Crippen molar-refractivity contribution < 1.29 is 9.72 Å². The minimum atomic E-state index is -0.584. The number of aryl methyl sites for hydroxylation is 2. The van der Waals surface area contributed by atoms with Crippen LogP contribution in [0.4, 0.5) is 5.69 Å². The molecule has 15 heavy (non-hydrogen) atoms. The van der Waals surface area contributed by atoms with E-state index >= 15 is 0 Å². The van der Waals surface area contributed by atoms with Gasteiger partial charge in [0.2, 0.25) is 5.69 Å². The Kier molecular flexibility index (Phi) is 2.74. The molecule has 7 nitrogen and oxygen atoms in total. The molecular weight excluding hydrogens is 200 g/mol. The van der Waals surface area contributed by atoms with Crippen molar-refractivity contribution in [3.8, 4) is 0 Å². The van der Waals surface area contributed by atoms with E-state index in [0.717, 1.165) is 0 Å². The van der Waals surface area contributed by atoms with E-state index in [1.807, 2.05) is 0 Å². The number of carbonyl (C=O) groups is 1. The van der Waals surface area contributed by atoms with Crippen molar-refractivity contribution in [3.63, 3.8) is 0 Å². The summed E-state index contributed by atoms with van der Waals surface area (Å²) < 4.78 is 1.23.